The summed E-state index contributed by atoms with van der Waals surface area (Å²) in [6.45, 7) is 2.03. The molecule has 5 rings (SSSR count). The molecule has 1 aliphatic carbocycles. The number of aryl methyl sites for hydroxylation is 1. The van der Waals surface area contributed by atoms with Gasteiger partial charge in [-0.3, -0.25) is 4.72 Å². The number of benzene rings is 4. The lowest BCUT2D eigenvalue weighted by Crippen LogP contribution is -2.15. The Labute approximate surface area is 215 Å². The summed E-state index contributed by atoms with van der Waals surface area (Å²) in [5.41, 5.74) is 2.56. The molecule has 0 amide bonds. The van der Waals surface area contributed by atoms with Gasteiger partial charge in [-0.2, -0.15) is 0 Å². The second-order valence-electron chi connectivity index (χ2n) is 8.82. The van der Waals surface area contributed by atoms with Crippen molar-refractivity contribution in [1.82, 2.24) is 0 Å². The third-order valence-electron chi connectivity index (χ3n) is 6.31. The van der Waals surface area contributed by atoms with Crippen LogP contribution in [0.5, 0.6) is 5.75 Å². The molecule has 0 unspecified atom stereocenters. The van der Waals surface area contributed by atoms with Gasteiger partial charge >= 0.3 is 5.97 Å². The third-order valence-corrected chi connectivity index (χ3v) is 7.69. The molecular formula is C30H25NO5S. The Bertz CT molecular complexity index is 1670. The van der Waals surface area contributed by atoms with Crippen molar-refractivity contribution < 1.29 is 23.1 Å². The second-order valence-corrected chi connectivity index (χ2v) is 10.5. The number of nitrogens with one attached hydrogen (secondary N) is 1. The van der Waals surface area contributed by atoms with Crippen LogP contribution >= 0.6 is 0 Å². The molecule has 7 heteroatoms. The first-order valence-electron chi connectivity index (χ1n) is 11.8. The number of hydrogen-bond donors (Lipinski definition) is 2. The molecule has 186 valence electrons. The van der Waals surface area contributed by atoms with Gasteiger partial charge < -0.3 is 9.84 Å². The number of anilines is 1. The van der Waals surface area contributed by atoms with Crippen LogP contribution in [0.3, 0.4) is 0 Å². The highest BCUT2D eigenvalue weighted by atomic mass is 32.2. The fourth-order valence-electron chi connectivity index (χ4n) is 4.39. The smallest absolute Gasteiger partial charge is 0.337 e. The number of ether oxygens (including phenoxy) is 1. The topological polar surface area (TPSA) is 92.7 Å². The van der Waals surface area contributed by atoms with Crippen LogP contribution in [0.2, 0.25) is 0 Å². The molecule has 0 aliphatic heterocycles. The largest absolute Gasteiger partial charge is 0.478 e. The zero-order valence-corrected chi connectivity index (χ0v) is 21.0. The van der Waals surface area contributed by atoms with Crippen molar-refractivity contribution in [1.29, 1.82) is 0 Å². The predicted molar refractivity (Wildman–Crippen MR) is 145 cm³/mol. The summed E-state index contributed by atoms with van der Waals surface area (Å²) in [5.74, 6) is 0.110. The maximum Gasteiger partial charge on any atom is 0.337 e. The average molecular weight is 512 g/mol. The number of sulfonamides is 1. The number of aromatic carboxylic acids is 1. The molecule has 6 nitrogen and oxygen atoms in total. The summed E-state index contributed by atoms with van der Waals surface area (Å²) < 4.78 is 34.7. The summed E-state index contributed by atoms with van der Waals surface area (Å²) in [5, 5.41) is 11.8. The Morgan fingerprint density at radius 1 is 0.946 bits per heavy atom. The van der Waals surface area contributed by atoms with Crippen LogP contribution < -0.4 is 9.46 Å². The van der Waals surface area contributed by atoms with Gasteiger partial charge in [-0.1, -0.05) is 54.6 Å². The molecule has 0 fully saturated rings. The van der Waals surface area contributed by atoms with E-state index >= 15 is 0 Å². The van der Waals surface area contributed by atoms with Crippen LogP contribution in [-0.4, -0.2) is 19.5 Å². The van der Waals surface area contributed by atoms with Crippen molar-refractivity contribution in [2.75, 3.05) is 4.72 Å². The molecule has 0 bridgehead atoms. The van der Waals surface area contributed by atoms with Gasteiger partial charge in [0.2, 0.25) is 0 Å². The molecule has 0 atom stereocenters. The molecule has 0 saturated heterocycles. The average Bonchev–Trinajstić information content (AvgIpc) is 2.90. The van der Waals surface area contributed by atoms with Crippen LogP contribution in [0.1, 0.15) is 28.8 Å². The van der Waals surface area contributed by atoms with Crippen molar-refractivity contribution in [2.24, 2.45) is 0 Å². The van der Waals surface area contributed by atoms with Gasteiger partial charge in [-0.25, -0.2) is 13.2 Å². The normalized spacial score (nSPS) is 13.3. The lowest BCUT2D eigenvalue weighted by atomic mass is 9.94. The Morgan fingerprint density at radius 3 is 2.41 bits per heavy atom. The predicted octanol–water partition coefficient (Wildman–Crippen LogP) is 6.93. The van der Waals surface area contributed by atoms with Gasteiger partial charge in [0, 0.05) is 6.42 Å². The van der Waals surface area contributed by atoms with E-state index in [1.165, 1.54) is 18.2 Å². The fourth-order valence-corrected chi connectivity index (χ4v) is 5.46. The summed E-state index contributed by atoms with van der Waals surface area (Å²) in [7, 11) is -4.06. The molecule has 0 heterocycles. The molecule has 4 aromatic rings. The summed E-state index contributed by atoms with van der Waals surface area (Å²) in [6, 6.07) is 22.6. The molecule has 37 heavy (non-hydrogen) atoms. The number of carboxylic acids is 1. The van der Waals surface area contributed by atoms with E-state index in [1.54, 1.807) is 24.3 Å². The SMILES string of the molecule is Cc1ccc(-c2ccc(C(=O)O)c(NS(=O)(=O)c3ccc(OC4=CC=CCC4)cc3)c2)c2ccccc12. The van der Waals surface area contributed by atoms with Crippen molar-refractivity contribution in [3.05, 3.63) is 114 Å². The van der Waals surface area contributed by atoms with Crippen LogP contribution in [0, 0.1) is 6.92 Å². The highest BCUT2D eigenvalue weighted by molar-refractivity contribution is 7.92. The summed E-state index contributed by atoms with van der Waals surface area (Å²) in [6.07, 6.45) is 7.53. The molecular weight excluding hydrogens is 486 g/mol. The minimum atomic E-state index is -4.06. The zero-order chi connectivity index (χ0) is 26.0. The zero-order valence-electron chi connectivity index (χ0n) is 20.1. The van der Waals surface area contributed by atoms with Crippen molar-refractivity contribution in [3.63, 3.8) is 0 Å². The maximum absolute atomic E-state index is 13.2. The van der Waals surface area contributed by atoms with E-state index in [2.05, 4.69) is 10.8 Å². The highest BCUT2D eigenvalue weighted by Gasteiger charge is 2.20. The quantitative estimate of drug-likeness (QED) is 0.281. The first-order valence-corrected chi connectivity index (χ1v) is 13.3. The fraction of sp³-hybridized carbons (Fsp3) is 0.100. The van der Waals surface area contributed by atoms with E-state index in [-0.39, 0.29) is 16.1 Å². The van der Waals surface area contributed by atoms with Crippen LogP contribution in [0.4, 0.5) is 5.69 Å². The van der Waals surface area contributed by atoms with Gasteiger partial charge in [0.1, 0.15) is 11.5 Å². The Kier molecular flexibility index (Phi) is 6.54. The monoisotopic (exact) mass is 511 g/mol. The number of fused-ring (bicyclic) bond motifs is 1. The second kappa shape index (κ2) is 9.95. The Hall–Kier alpha value is -4.36. The number of allylic oxidation sites excluding steroid dienone is 4. The molecule has 2 N–H and O–H groups in total. The van der Waals surface area contributed by atoms with E-state index in [9.17, 15) is 18.3 Å². The highest BCUT2D eigenvalue weighted by Crippen LogP contribution is 2.34. The Balaban J connectivity index is 1.48. The van der Waals surface area contributed by atoms with E-state index in [0.29, 0.717) is 11.3 Å². The van der Waals surface area contributed by atoms with Crippen molar-refractivity contribution >= 4 is 32.5 Å². The Morgan fingerprint density at radius 2 is 1.70 bits per heavy atom. The van der Waals surface area contributed by atoms with Crippen molar-refractivity contribution in [2.45, 2.75) is 24.7 Å². The van der Waals surface area contributed by atoms with Crippen LogP contribution in [0.15, 0.2) is 108 Å². The van der Waals surface area contributed by atoms with E-state index < -0.39 is 16.0 Å². The number of carbonyl (C=O) groups is 1. The van der Waals surface area contributed by atoms with Crippen molar-refractivity contribution in [3.8, 4) is 16.9 Å². The lowest BCUT2D eigenvalue weighted by molar-refractivity contribution is 0.0698. The number of carboxylic acid groups (broad SMARTS) is 1. The molecule has 0 radical (unpaired) electrons. The summed E-state index contributed by atoms with van der Waals surface area (Å²) in [4.78, 5) is 11.9. The van der Waals surface area contributed by atoms with Crippen LogP contribution in [-0.2, 0) is 10.0 Å². The minimum Gasteiger partial charge on any atom is -0.478 e. The van der Waals surface area contributed by atoms with Gasteiger partial charge in [0.15, 0.2) is 0 Å². The van der Waals surface area contributed by atoms with Gasteiger partial charge in [0.25, 0.3) is 10.0 Å². The number of rotatable bonds is 7. The van der Waals surface area contributed by atoms with Gasteiger partial charge in [-0.05, 0) is 83.3 Å². The maximum atomic E-state index is 13.2. The molecule has 0 aromatic heterocycles. The van der Waals surface area contributed by atoms with Gasteiger partial charge in [0.05, 0.1) is 16.1 Å². The minimum absolute atomic E-state index is 0.0000953. The summed E-state index contributed by atoms with van der Waals surface area (Å²) >= 11 is 0. The van der Waals surface area contributed by atoms with E-state index in [4.69, 9.17) is 4.74 Å². The standard InChI is InChI=1S/C30H25NO5S/c1-20-11-17-26(27-10-6-5-9-25(20)27)21-12-18-28(30(32)33)29(19-21)31-37(34,35)24-15-13-23(14-16-24)36-22-7-3-2-4-8-22/h2-3,5-7,9-19,31H,4,8H2,1H3,(H,32,33). The lowest BCUT2D eigenvalue weighted by Gasteiger charge is -2.15. The van der Waals surface area contributed by atoms with E-state index in [1.807, 2.05) is 55.5 Å². The first-order chi connectivity index (χ1) is 17.8. The molecule has 4 aromatic carbocycles. The number of hydrogen-bond acceptors (Lipinski definition) is 4. The molecule has 0 spiro atoms. The molecule has 1 aliphatic rings. The van der Waals surface area contributed by atoms with E-state index in [0.717, 1.165) is 40.5 Å². The first kappa shape index (κ1) is 24.3. The third kappa shape index (κ3) is 5.13. The van der Waals surface area contributed by atoms with Crippen LogP contribution in [0.25, 0.3) is 21.9 Å². The van der Waals surface area contributed by atoms with Gasteiger partial charge in [-0.15, -0.1) is 0 Å². The molecule has 0 saturated carbocycles.